The zero-order chi connectivity index (χ0) is 23.1. The third kappa shape index (κ3) is 3.53. The number of carbonyl (C=O) groups is 1. The van der Waals surface area contributed by atoms with Gasteiger partial charge >= 0.3 is 11.2 Å². The number of aromatic nitrogens is 2. The van der Waals surface area contributed by atoms with Gasteiger partial charge in [0, 0.05) is 11.1 Å². The Morgan fingerprint density at radius 2 is 1.67 bits per heavy atom. The number of nitrogens with one attached hydrogen (secondary N) is 1. The molecule has 0 aliphatic rings. The van der Waals surface area contributed by atoms with Crippen LogP contribution in [0.15, 0.2) is 86.8 Å². The molecule has 0 aliphatic heterocycles. The Morgan fingerprint density at radius 1 is 0.939 bits per heavy atom. The lowest BCUT2D eigenvalue weighted by Gasteiger charge is -2.13. The van der Waals surface area contributed by atoms with Gasteiger partial charge in [0.15, 0.2) is 0 Å². The number of para-hydroxylation sites is 2. The van der Waals surface area contributed by atoms with E-state index in [4.69, 9.17) is 4.42 Å². The normalized spacial score (nSPS) is 11.2. The zero-order valence-electron chi connectivity index (χ0n) is 18.2. The highest BCUT2D eigenvalue weighted by atomic mass is 16.3. The van der Waals surface area contributed by atoms with E-state index in [0.29, 0.717) is 27.9 Å². The highest BCUT2D eigenvalue weighted by Gasteiger charge is 2.22. The van der Waals surface area contributed by atoms with Gasteiger partial charge in [0.25, 0.3) is 0 Å². The predicted molar refractivity (Wildman–Crippen MR) is 128 cm³/mol. The van der Waals surface area contributed by atoms with E-state index in [2.05, 4.69) is 5.32 Å². The van der Waals surface area contributed by atoms with E-state index < -0.39 is 11.2 Å². The number of hydrogen-bond donors (Lipinski definition) is 1. The van der Waals surface area contributed by atoms with Crippen LogP contribution in [0.4, 0.5) is 5.69 Å². The van der Waals surface area contributed by atoms with Gasteiger partial charge in [-0.25, -0.2) is 9.36 Å². The number of fused-ring (bicyclic) bond motifs is 3. The van der Waals surface area contributed by atoms with Crippen LogP contribution in [0.1, 0.15) is 11.1 Å². The van der Waals surface area contributed by atoms with E-state index in [-0.39, 0.29) is 18.0 Å². The highest BCUT2D eigenvalue weighted by Crippen LogP contribution is 2.26. The van der Waals surface area contributed by atoms with Crippen LogP contribution >= 0.6 is 0 Å². The second-order valence-corrected chi connectivity index (χ2v) is 7.99. The summed E-state index contributed by atoms with van der Waals surface area (Å²) in [5.41, 5.74) is 2.71. The summed E-state index contributed by atoms with van der Waals surface area (Å²) in [6, 6.07) is 21.4. The molecule has 0 atom stereocenters. The molecule has 5 aromatic rings. The molecule has 7 nitrogen and oxygen atoms in total. The third-order valence-electron chi connectivity index (χ3n) is 5.63. The monoisotopic (exact) mass is 439 g/mol. The average molecular weight is 439 g/mol. The van der Waals surface area contributed by atoms with Crippen molar-refractivity contribution >= 4 is 33.7 Å². The fraction of sp³-hybridized carbons (Fsp3) is 0.115. The third-order valence-corrected chi connectivity index (χ3v) is 5.63. The molecule has 0 radical (unpaired) electrons. The maximum atomic E-state index is 13.5. The molecule has 0 unspecified atom stereocenters. The van der Waals surface area contributed by atoms with E-state index in [1.807, 2.05) is 32.0 Å². The molecule has 5 rings (SSSR count). The second-order valence-electron chi connectivity index (χ2n) is 7.99. The molecule has 2 aromatic heterocycles. The summed E-state index contributed by atoms with van der Waals surface area (Å²) in [5, 5.41) is 3.47. The van der Waals surface area contributed by atoms with Crippen LogP contribution in [0.2, 0.25) is 0 Å². The Hall–Kier alpha value is -4.39. The Bertz CT molecular complexity index is 1640. The summed E-state index contributed by atoms with van der Waals surface area (Å²) in [7, 11) is 0. The first-order valence-electron chi connectivity index (χ1n) is 10.5. The van der Waals surface area contributed by atoms with Crippen LogP contribution in [0.3, 0.4) is 0 Å². The van der Waals surface area contributed by atoms with Crippen molar-refractivity contribution in [3.05, 3.63) is 105 Å². The smallest absolute Gasteiger partial charge is 0.336 e. The largest absolute Gasteiger partial charge is 0.449 e. The first-order chi connectivity index (χ1) is 15.9. The minimum Gasteiger partial charge on any atom is -0.449 e. The lowest BCUT2D eigenvalue weighted by molar-refractivity contribution is -0.116. The minimum atomic E-state index is -0.610. The maximum Gasteiger partial charge on any atom is 0.336 e. The van der Waals surface area contributed by atoms with Crippen molar-refractivity contribution in [3.8, 4) is 5.69 Å². The van der Waals surface area contributed by atoms with Crippen molar-refractivity contribution in [2.45, 2.75) is 20.4 Å². The molecule has 33 heavy (non-hydrogen) atoms. The van der Waals surface area contributed by atoms with Gasteiger partial charge in [-0.2, -0.15) is 0 Å². The fourth-order valence-electron chi connectivity index (χ4n) is 4.09. The summed E-state index contributed by atoms with van der Waals surface area (Å²) in [4.78, 5) is 39.8. The van der Waals surface area contributed by atoms with Crippen molar-refractivity contribution in [1.82, 2.24) is 9.13 Å². The molecule has 0 bridgehead atoms. The average Bonchev–Trinajstić information content (AvgIpc) is 3.19. The Balaban J connectivity index is 1.70. The number of nitrogens with zero attached hydrogens (tertiary/aromatic N) is 2. The molecule has 0 fully saturated rings. The molecule has 3 aromatic carbocycles. The molecule has 0 aliphatic carbocycles. The van der Waals surface area contributed by atoms with Gasteiger partial charge in [-0.05, 0) is 49.7 Å². The zero-order valence-corrected chi connectivity index (χ0v) is 18.2. The molecule has 1 amide bonds. The van der Waals surface area contributed by atoms with Crippen LogP contribution < -0.4 is 16.6 Å². The Morgan fingerprint density at radius 3 is 2.42 bits per heavy atom. The molecule has 164 valence electrons. The Labute approximate surface area is 188 Å². The molecule has 2 heterocycles. The molecule has 1 N–H and O–H groups in total. The number of carbonyl (C=O) groups excluding carboxylic acids is 1. The minimum absolute atomic E-state index is 0.0268. The lowest BCUT2D eigenvalue weighted by Crippen LogP contribution is -2.40. The predicted octanol–water partition coefficient (Wildman–Crippen LogP) is 4.15. The maximum absolute atomic E-state index is 13.5. The van der Waals surface area contributed by atoms with Gasteiger partial charge < -0.3 is 9.73 Å². The van der Waals surface area contributed by atoms with Gasteiger partial charge in [-0.15, -0.1) is 0 Å². The summed E-state index contributed by atoms with van der Waals surface area (Å²) < 4.78 is 8.19. The van der Waals surface area contributed by atoms with Crippen molar-refractivity contribution < 1.29 is 9.21 Å². The summed E-state index contributed by atoms with van der Waals surface area (Å²) in [6.45, 7) is 3.61. The molecule has 0 saturated carbocycles. The summed E-state index contributed by atoms with van der Waals surface area (Å²) in [5.74, 6) is -0.381. The molecule has 0 saturated heterocycles. The molecule has 0 spiro atoms. The number of aryl methyl sites for hydroxylation is 2. The second kappa shape index (κ2) is 7.94. The van der Waals surface area contributed by atoms with Crippen LogP contribution in [0.25, 0.3) is 27.8 Å². The first kappa shape index (κ1) is 20.5. The number of hydrogen-bond acceptors (Lipinski definition) is 4. The van der Waals surface area contributed by atoms with E-state index in [1.165, 1.54) is 4.57 Å². The SMILES string of the molecule is Cc1ccc(NC(=O)Cn2c(=O)n(-c3ccccc3)c(=O)c3oc4ccccc4c32)c(C)c1. The number of anilines is 1. The van der Waals surface area contributed by atoms with E-state index in [1.54, 1.807) is 54.6 Å². The standard InChI is InChI=1S/C26H21N3O4/c1-16-12-13-20(17(2)14-16)27-22(30)15-28-23-19-10-6-7-11-21(19)33-24(23)25(31)29(26(28)32)18-8-4-3-5-9-18/h3-14H,15H2,1-2H3,(H,27,30). The number of furan rings is 1. The van der Waals surface area contributed by atoms with E-state index >= 15 is 0 Å². The summed E-state index contributed by atoms with van der Waals surface area (Å²) in [6.07, 6.45) is 0. The van der Waals surface area contributed by atoms with Gasteiger partial charge in [-0.1, -0.05) is 48.0 Å². The topological polar surface area (TPSA) is 86.2 Å². The van der Waals surface area contributed by atoms with Crippen molar-refractivity contribution in [2.24, 2.45) is 0 Å². The summed E-state index contributed by atoms with van der Waals surface area (Å²) >= 11 is 0. The number of rotatable bonds is 4. The highest BCUT2D eigenvalue weighted by molar-refractivity contribution is 6.03. The van der Waals surface area contributed by atoms with Crippen molar-refractivity contribution in [3.63, 3.8) is 0 Å². The first-order valence-corrected chi connectivity index (χ1v) is 10.5. The van der Waals surface area contributed by atoms with Gasteiger partial charge in [0.2, 0.25) is 11.5 Å². The van der Waals surface area contributed by atoms with Crippen molar-refractivity contribution in [2.75, 3.05) is 5.32 Å². The van der Waals surface area contributed by atoms with Gasteiger partial charge in [0.05, 0.1) is 5.69 Å². The van der Waals surface area contributed by atoms with Crippen LogP contribution in [-0.2, 0) is 11.3 Å². The van der Waals surface area contributed by atoms with Crippen LogP contribution in [0.5, 0.6) is 0 Å². The quantitative estimate of drug-likeness (QED) is 0.456. The van der Waals surface area contributed by atoms with Crippen molar-refractivity contribution in [1.29, 1.82) is 0 Å². The lowest BCUT2D eigenvalue weighted by atomic mass is 10.1. The molecular formula is C26H21N3O4. The van der Waals surface area contributed by atoms with Crippen LogP contribution in [-0.4, -0.2) is 15.0 Å². The number of amides is 1. The Kier molecular flexibility index (Phi) is 4.94. The fourth-order valence-corrected chi connectivity index (χ4v) is 4.09. The van der Waals surface area contributed by atoms with E-state index in [9.17, 15) is 14.4 Å². The number of benzene rings is 3. The van der Waals surface area contributed by atoms with Gasteiger partial charge in [0.1, 0.15) is 17.6 Å². The molecular weight excluding hydrogens is 418 g/mol. The molecule has 7 heteroatoms. The van der Waals surface area contributed by atoms with E-state index in [0.717, 1.165) is 15.7 Å². The van der Waals surface area contributed by atoms with Gasteiger partial charge in [-0.3, -0.25) is 14.2 Å². The van der Waals surface area contributed by atoms with Crippen LogP contribution in [0, 0.1) is 13.8 Å².